The number of carbonyl (C=O) groups is 1. The lowest BCUT2D eigenvalue weighted by molar-refractivity contribution is 0.0953. The van der Waals surface area contributed by atoms with E-state index in [0.717, 1.165) is 26.8 Å². The molecule has 6 heteroatoms. The number of carbonyl (C=O) groups excluding carboxylic acids is 1. The summed E-state index contributed by atoms with van der Waals surface area (Å²) in [5.41, 5.74) is 4.63. The standard InChI is InChI=1S/C24H21N3O3/c1-12-9-10-14(13(2)11-12)17-18-20(15-7-5-6-8-16(15)21(18)28)25-22-19(17)23(29)27(4)24(30)26(22)3/h5-11,17-18H,1-4H3/t17-,18-/m1/s1. The minimum Gasteiger partial charge on any atom is -0.293 e. The second-order valence-electron chi connectivity index (χ2n) is 8.17. The number of hydrogen-bond donors (Lipinski definition) is 0. The molecule has 1 aliphatic heterocycles. The number of aryl methyl sites for hydroxylation is 2. The van der Waals surface area contributed by atoms with Crippen molar-refractivity contribution in [3.8, 4) is 0 Å². The summed E-state index contributed by atoms with van der Waals surface area (Å²) < 4.78 is 2.50. The maximum Gasteiger partial charge on any atom is 0.332 e. The van der Waals surface area contributed by atoms with Crippen molar-refractivity contribution in [2.75, 3.05) is 0 Å². The lowest BCUT2D eigenvalue weighted by Gasteiger charge is -2.30. The van der Waals surface area contributed by atoms with Gasteiger partial charge in [0, 0.05) is 31.1 Å². The smallest absolute Gasteiger partial charge is 0.293 e. The van der Waals surface area contributed by atoms with Gasteiger partial charge in [-0.25, -0.2) is 9.79 Å². The molecule has 0 bridgehead atoms. The van der Waals surface area contributed by atoms with Crippen molar-refractivity contribution >= 4 is 17.3 Å². The summed E-state index contributed by atoms with van der Waals surface area (Å²) in [6, 6.07) is 13.4. The molecule has 2 aliphatic rings. The van der Waals surface area contributed by atoms with Crippen LogP contribution < -0.4 is 11.2 Å². The Kier molecular flexibility index (Phi) is 3.84. The van der Waals surface area contributed by atoms with E-state index in [-0.39, 0.29) is 5.78 Å². The molecule has 6 nitrogen and oxygen atoms in total. The molecule has 2 aromatic carbocycles. The highest BCUT2D eigenvalue weighted by atomic mass is 16.2. The quantitative estimate of drug-likeness (QED) is 0.632. The summed E-state index contributed by atoms with van der Waals surface area (Å²) in [7, 11) is 3.08. The summed E-state index contributed by atoms with van der Waals surface area (Å²) in [6.07, 6.45) is 0. The molecule has 0 unspecified atom stereocenters. The Balaban J connectivity index is 1.92. The molecule has 0 N–H and O–H groups in total. The van der Waals surface area contributed by atoms with Crippen molar-refractivity contribution in [3.63, 3.8) is 0 Å². The van der Waals surface area contributed by atoms with Crippen molar-refractivity contribution in [1.82, 2.24) is 9.13 Å². The van der Waals surface area contributed by atoms with Crippen LogP contribution in [0.25, 0.3) is 0 Å². The highest BCUT2D eigenvalue weighted by Crippen LogP contribution is 2.47. The van der Waals surface area contributed by atoms with Crippen LogP contribution in [0.3, 0.4) is 0 Å². The minimum atomic E-state index is -0.582. The van der Waals surface area contributed by atoms with Crippen molar-refractivity contribution < 1.29 is 4.79 Å². The molecule has 0 saturated heterocycles. The predicted octanol–water partition coefficient (Wildman–Crippen LogP) is 2.78. The second kappa shape index (κ2) is 6.23. The Labute approximate surface area is 173 Å². The molecule has 2 atom stereocenters. The third-order valence-electron chi connectivity index (χ3n) is 6.34. The second-order valence-corrected chi connectivity index (χ2v) is 8.17. The SMILES string of the molecule is Cc1ccc([C@H]2c3c(n(C)c(=O)n(C)c3=O)N=C3c4ccccc4C(=O)[C@@H]32)c(C)c1. The highest BCUT2D eigenvalue weighted by Gasteiger charge is 2.48. The van der Waals surface area contributed by atoms with E-state index < -0.39 is 23.1 Å². The van der Waals surface area contributed by atoms with Gasteiger partial charge in [-0.3, -0.25) is 18.7 Å². The Morgan fingerprint density at radius 3 is 2.27 bits per heavy atom. The Bertz CT molecular complexity index is 1410. The van der Waals surface area contributed by atoms with E-state index in [0.29, 0.717) is 22.7 Å². The van der Waals surface area contributed by atoms with Crippen LogP contribution in [0.5, 0.6) is 0 Å². The molecule has 0 saturated carbocycles. The summed E-state index contributed by atoms with van der Waals surface area (Å²) in [5, 5.41) is 0. The van der Waals surface area contributed by atoms with E-state index in [1.54, 1.807) is 13.1 Å². The number of nitrogens with zero attached hydrogens (tertiary/aromatic N) is 3. The fourth-order valence-electron chi connectivity index (χ4n) is 4.88. The van der Waals surface area contributed by atoms with E-state index in [2.05, 4.69) is 6.07 Å². The monoisotopic (exact) mass is 399 g/mol. The zero-order valence-corrected chi connectivity index (χ0v) is 17.3. The zero-order chi connectivity index (χ0) is 21.3. The van der Waals surface area contributed by atoms with E-state index in [1.807, 2.05) is 44.2 Å². The molecular weight excluding hydrogens is 378 g/mol. The average Bonchev–Trinajstić information content (AvgIpc) is 3.02. The molecule has 0 amide bonds. The molecule has 0 fully saturated rings. The van der Waals surface area contributed by atoms with Crippen molar-refractivity contribution in [1.29, 1.82) is 0 Å². The minimum absolute atomic E-state index is 0.0316. The molecule has 0 radical (unpaired) electrons. The Hall–Kier alpha value is -3.54. The van der Waals surface area contributed by atoms with Gasteiger partial charge in [-0.15, -0.1) is 0 Å². The maximum absolute atomic E-state index is 13.5. The maximum atomic E-state index is 13.5. The fourth-order valence-corrected chi connectivity index (χ4v) is 4.88. The number of fused-ring (bicyclic) bond motifs is 4. The third-order valence-corrected chi connectivity index (χ3v) is 6.34. The van der Waals surface area contributed by atoms with Gasteiger partial charge in [0.1, 0.15) is 5.82 Å². The highest BCUT2D eigenvalue weighted by molar-refractivity contribution is 6.30. The van der Waals surface area contributed by atoms with Gasteiger partial charge in [0.15, 0.2) is 5.78 Å². The lowest BCUT2D eigenvalue weighted by atomic mass is 9.75. The van der Waals surface area contributed by atoms with E-state index >= 15 is 0 Å². The van der Waals surface area contributed by atoms with Crippen LogP contribution >= 0.6 is 0 Å². The largest absolute Gasteiger partial charge is 0.332 e. The first-order chi connectivity index (χ1) is 14.3. The zero-order valence-electron chi connectivity index (χ0n) is 17.3. The van der Waals surface area contributed by atoms with Crippen LogP contribution in [0.2, 0.25) is 0 Å². The molecule has 3 aromatic rings. The number of Topliss-reactive ketones (excluding diaryl/α,β-unsaturated/α-hetero) is 1. The molecule has 5 rings (SSSR count). The molecule has 150 valence electrons. The van der Waals surface area contributed by atoms with Crippen LogP contribution in [-0.2, 0) is 14.1 Å². The van der Waals surface area contributed by atoms with Gasteiger partial charge in [-0.05, 0) is 25.0 Å². The number of aromatic nitrogens is 2. The van der Waals surface area contributed by atoms with E-state index in [4.69, 9.17) is 4.99 Å². The number of hydrogen-bond acceptors (Lipinski definition) is 4. The van der Waals surface area contributed by atoms with E-state index in [1.165, 1.54) is 11.6 Å². The number of benzene rings is 2. The van der Waals surface area contributed by atoms with E-state index in [9.17, 15) is 14.4 Å². The normalized spacial score (nSPS) is 19.2. The molecule has 1 aromatic heterocycles. The fraction of sp³-hybridized carbons (Fsp3) is 0.250. The number of rotatable bonds is 1. The summed E-state index contributed by atoms with van der Waals surface area (Å²) in [4.78, 5) is 44.1. The summed E-state index contributed by atoms with van der Waals surface area (Å²) >= 11 is 0. The van der Waals surface area contributed by atoms with Crippen LogP contribution in [0, 0.1) is 19.8 Å². The third kappa shape index (κ3) is 2.30. The molecule has 0 spiro atoms. The summed E-state index contributed by atoms with van der Waals surface area (Å²) in [6.45, 7) is 4.00. The van der Waals surface area contributed by atoms with Gasteiger partial charge in [-0.2, -0.15) is 0 Å². The van der Waals surface area contributed by atoms with Gasteiger partial charge in [0.05, 0.1) is 17.2 Å². The van der Waals surface area contributed by atoms with Crippen LogP contribution in [0.1, 0.15) is 44.1 Å². The Morgan fingerprint density at radius 1 is 0.867 bits per heavy atom. The molecule has 2 heterocycles. The first kappa shape index (κ1) is 18.5. The molecular formula is C24H21N3O3. The first-order valence-corrected chi connectivity index (χ1v) is 9.90. The van der Waals surface area contributed by atoms with Gasteiger partial charge in [-0.1, -0.05) is 48.0 Å². The van der Waals surface area contributed by atoms with Crippen molar-refractivity contribution in [2.45, 2.75) is 19.8 Å². The predicted molar refractivity (Wildman–Crippen MR) is 115 cm³/mol. The lowest BCUT2D eigenvalue weighted by Crippen LogP contribution is -2.43. The number of ketones is 1. The molecule has 30 heavy (non-hydrogen) atoms. The number of aliphatic imine (C=N–C) groups is 1. The van der Waals surface area contributed by atoms with Crippen LogP contribution in [-0.4, -0.2) is 20.6 Å². The summed E-state index contributed by atoms with van der Waals surface area (Å²) in [5.74, 6) is -0.778. The van der Waals surface area contributed by atoms with Crippen molar-refractivity contribution in [2.24, 2.45) is 25.0 Å². The van der Waals surface area contributed by atoms with Crippen LogP contribution in [0.15, 0.2) is 57.0 Å². The van der Waals surface area contributed by atoms with Gasteiger partial charge < -0.3 is 0 Å². The molecule has 1 aliphatic carbocycles. The van der Waals surface area contributed by atoms with Gasteiger partial charge in [0.2, 0.25) is 0 Å². The van der Waals surface area contributed by atoms with Gasteiger partial charge in [0.25, 0.3) is 5.56 Å². The Morgan fingerprint density at radius 2 is 1.57 bits per heavy atom. The topological polar surface area (TPSA) is 73.4 Å². The van der Waals surface area contributed by atoms with Crippen molar-refractivity contribution in [3.05, 3.63) is 96.7 Å². The van der Waals surface area contributed by atoms with Gasteiger partial charge >= 0.3 is 5.69 Å². The first-order valence-electron chi connectivity index (χ1n) is 9.90. The van der Waals surface area contributed by atoms with Crippen LogP contribution in [0.4, 0.5) is 5.82 Å². The average molecular weight is 399 g/mol.